The molecule has 0 aliphatic rings. The average molecular weight is 1200 g/mol. The van der Waals surface area contributed by atoms with Gasteiger partial charge in [-0.15, -0.1) is 0 Å². The summed E-state index contributed by atoms with van der Waals surface area (Å²) >= 11 is 0. The van der Waals surface area contributed by atoms with E-state index in [1.54, 1.807) is 171 Å². The summed E-state index contributed by atoms with van der Waals surface area (Å²) in [6, 6.07) is 70.3. The van der Waals surface area contributed by atoms with Gasteiger partial charge in [0.1, 0.15) is 40.2 Å². The van der Waals surface area contributed by atoms with E-state index in [1.165, 1.54) is 12.3 Å². The number of esters is 4. The number of methoxy groups -OCH3 is 1. The Kier molecular flexibility index (Phi) is 21.1. The predicted molar refractivity (Wildman–Crippen MR) is 343 cm³/mol. The maximum absolute atomic E-state index is 12.8. The molecule has 1 heterocycles. The van der Waals surface area contributed by atoms with Crippen molar-refractivity contribution >= 4 is 46.2 Å². The van der Waals surface area contributed by atoms with Crippen molar-refractivity contribution in [1.82, 2.24) is 4.98 Å². The van der Waals surface area contributed by atoms with Gasteiger partial charge in [0.25, 0.3) is 0 Å². The third-order valence-electron chi connectivity index (χ3n) is 13.9. The second-order valence-electron chi connectivity index (χ2n) is 20.5. The normalized spacial score (nSPS) is 10.5. The van der Waals surface area contributed by atoms with Crippen LogP contribution in [0.3, 0.4) is 0 Å². The summed E-state index contributed by atoms with van der Waals surface area (Å²) in [7, 11) is 1.58. The number of ketones is 2. The quantitative estimate of drug-likeness (QED) is 0.0514. The molecular formula is C76H61NO13. The van der Waals surface area contributed by atoms with Crippen molar-refractivity contribution in [1.29, 1.82) is 0 Å². The lowest BCUT2D eigenvalue weighted by Gasteiger charge is -2.08. The number of hydrogen-bond donors (Lipinski definition) is 1. The molecule has 11 aromatic rings. The van der Waals surface area contributed by atoms with Gasteiger partial charge in [0, 0.05) is 22.9 Å². The van der Waals surface area contributed by atoms with Gasteiger partial charge in [-0.2, -0.15) is 0 Å². The number of hydrogen-bond acceptors (Lipinski definition) is 14. The third kappa shape index (κ3) is 17.1. The van der Waals surface area contributed by atoms with E-state index >= 15 is 0 Å². The fraction of sp³-hybridized carbons (Fsp3) is 0.0921. The number of pyridine rings is 1. The molecule has 0 unspecified atom stereocenters. The van der Waals surface area contributed by atoms with Crippen molar-refractivity contribution < 1.29 is 62.3 Å². The molecule has 0 aliphatic carbocycles. The molecule has 0 fully saturated rings. The number of carbonyl (C=O) groups is 6. The molecular weight excluding hydrogens is 1130 g/mol. The average Bonchev–Trinajstić information content (AvgIpc) is 1.12. The van der Waals surface area contributed by atoms with Crippen molar-refractivity contribution in [3.05, 3.63) is 316 Å². The zero-order valence-corrected chi connectivity index (χ0v) is 49.9. The Morgan fingerprint density at radius 1 is 0.356 bits per heavy atom. The van der Waals surface area contributed by atoms with E-state index in [1.807, 2.05) is 100 Å². The fourth-order valence-corrected chi connectivity index (χ4v) is 8.83. The zero-order chi connectivity index (χ0) is 63.5. The highest BCUT2D eigenvalue weighted by atomic mass is 16.5. The van der Waals surface area contributed by atoms with Crippen LogP contribution in [0.5, 0.6) is 34.5 Å². The lowest BCUT2D eigenvalue weighted by atomic mass is 9.99. The number of rotatable bonds is 17. The van der Waals surface area contributed by atoms with Crippen LogP contribution >= 0.6 is 0 Å². The summed E-state index contributed by atoms with van der Waals surface area (Å²) < 4.78 is 32.1. The highest BCUT2D eigenvalue weighted by molar-refractivity contribution is 6.11. The van der Waals surface area contributed by atoms with E-state index in [-0.39, 0.29) is 23.9 Å². The number of aryl methyl sites for hydroxylation is 3. The van der Waals surface area contributed by atoms with Gasteiger partial charge < -0.3 is 33.5 Å². The second kappa shape index (κ2) is 30.1. The molecule has 1 N–H and O–H groups in total. The topological polar surface area (TPSA) is 191 Å². The Balaban J connectivity index is 0.000000162. The zero-order valence-electron chi connectivity index (χ0n) is 49.9. The minimum absolute atomic E-state index is 0.0676. The summed E-state index contributed by atoms with van der Waals surface area (Å²) in [5.41, 5.74) is 9.43. The summed E-state index contributed by atoms with van der Waals surface area (Å²) in [4.78, 5) is 78.7. The first-order valence-electron chi connectivity index (χ1n) is 28.6. The molecule has 14 heteroatoms. The van der Waals surface area contributed by atoms with Gasteiger partial charge >= 0.3 is 23.9 Å². The van der Waals surface area contributed by atoms with E-state index in [2.05, 4.69) is 4.98 Å². The highest BCUT2D eigenvalue weighted by Crippen LogP contribution is 2.26. The molecule has 0 bridgehead atoms. The molecule has 14 nitrogen and oxygen atoms in total. The molecule has 0 spiro atoms. The largest absolute Gasteiger partial charge is 0.497 e. The first-order chi connectivity index (χ1) is 43.6. The van der Waals surface area contributed by atoms with E-state index < -0.39 is 23.9 Å². The molecule has 0 radical (unpaired) electrons. The van der Waals surface area contributed by atoms with Gasteiger partial charge in [-0.25, -0.2) is 19.2 Å². The lowest BCUT2D eigenvalue weighted by molar-refractivity contribution is 0.0724. The van der Waals surface area contributed by atoms with Crippen LogP contribution in [0.4, 0.5) is 0 Å². The van der Waals surface area contributed by atoms with Crippen LogP contribution in [0.1, 0.15) is 103 Å². The number of fused-ring (bicyclic) bond motifs is 1. The van der Waals surface area contributed by atoms with Crippen molar-refractivity contribution in [2.24, 2.45) is 0 Å². The van der Waals surface area contributed by atoms with Crippen LogP contribution in [-0.4, -0.2) is 59.3 Å². The summed E-state index contributed by atoms with van der Waals surface area (Å²) in [6.45, 7) is 8.31. The summed E-state index contributed by atoms with van der Waals surface area (Å²) in [5.74, 6) is 1.14. The first kappa shape index (κ1) is 62.9. The van der Waals surface area contributed by atoms with Crippen LogP contribution in [0, 0.1) is 20.8 Å². The minimum Gasteiger partial charge on any atom is -0.497 e. The molecule has 11 rings (SSSR count). The van der Waals surface area contributed by atoms with Crippen LogP contribution < -0.4 is 28.4 Å². The van der Waals surface area contributed by atoms with Gasteiger partial charge in [0.05, 0.1) is 42.6 Å². The van der Waals surface area contributed by atoms with E-state index in [0.29, 0.717) is 74.3 Å². The second-order valence-corrected chi connectivity index (χ2v) is 20.5. The fourth-order valence-electron chi connectivity index (χ4n) is 8.83. The van der Waals surface area contributed by atoms with Crippen molar-refractivity contribution in [3.63, 3.8) is 0 Å². The summed E-state index contributed by atoms with van der Waals surface area (Å²) in [6.07, 6.45) is 1.36. The molecule has 90 heavy (non-hydrogen) atoms. The molecule has 1 aromatic heterocycles. The molecule has 448 valence electrons. The predicted octanol–water partition coefficient (Wildman–Crippen LogP) is 15.4. The molecule has 0 saturated heterocycles. The molecule has 0 aliphatic heterocycles. The summed E-state index contributed by atoms with van der Waals surface area (Å²) in [5, 5.41) is 10.8. The van der Waals surface area contributed by atoms with Crippen LogP contribution in [-0.2, 0) is 6.61 Å². The van der Waals surface area contributed by atoms with E-state index in [9.17, 15) is 28.8 Å². The Morgan fingerprint density at radius 2 is 0.700 bits per heavy atom. The Labute approximate surface area is 520 Å². The number of benzene rings is 10. The van der Waals surface area contributed by atoms with Crippen molar-refractivity contribution in [2.45, 2.75) is 34.3 Å². The third-order valence-corrected chi connectivity index (χ3v) is 13.9. The Bertz CT molecular complexity index is 4280. The number of aliphatic hydroxyl groups is 1. The monoisotopic (exact) mass is 1200 g/mol. The minimum atomic E-state index is -0.509. The number of aliphatic hydroxyl groups excluding tert-OH is 1. The SMILES string of the molecule is CCOc1ccc(OC(=O)c2ccc(-c3ccc(C(=O)Oc4ccc(C)cc4)cc3)cc2)cc1.COc1ccc(C(=O)c2ccc3cc(C(=O)Oc4ccc(CO)cc4)ccc3c2)cc1.Cc1ccc(OC(=O)c2ccc(C(=O)c3ccc(C)cc3)nc2)cc1. The number of ether oxygens (including phenoxy) is 6. The molecule has 0 saturated carbocycles. The van der Waals surface area contributed by atoms with Crippen molar-refractivity contribution in [3.8, 4) is 45.6 Å². The lowest BCUT2D eigenvalue weighted by Crippen LogP contribution is -2.10. The van der Waals surface area contributed by atoms with E-state index in [0.717, 1.165) is 49.9 Å². The smallest absolute Gasteiger partial charge is 0.345 e. The van der Waals surface area contributed by atoms with Gasteiger partial charge in [-0.3, -0.25) is 14.6 Å². The van der Waals surface area contributed by atoms with Gasteiger partial charge in [0.2, 0.25) is 5.78 Å². The number of aromatic nitrogens is 1. The van der Waals surface area contributed by atoms with Crippen LogP contribution in [0.15, 0.2) is 249 Å². The maximum Gasteiger partial charge on any atom is 0.345 e. The van der Waals surface area contributed by atoms with Crippen LogP contribution in [0.25, 0.3) is 21.9 Å². The number of nitrogens with zero attached hydrogens (tertiary/aromatic N) is 1. The maximum atomic E-state index is 12.8. The van der Waals surface area contributed by atoms with Crippen LogP contribution in [0.2, 0.25) is 0 Å². The number of carbonyl (C=O) groups excluding carboxylic acids is 6. The van der Waals surface area contributed by atoms with E-state index in [4.69, 9.17) is 33.5 Å². The molecule has 10 aromatic carbocycles. The van der Waals surface area contributed by atoms with Crippen molar-refractivity contribution in [2.75, 3.05) is 13.7 Å². The van der Waals surface area contributed by atoms with Gasteiger partial charge in [0.15, 0.2) is 5.78 Å². The van der Waals surface area contributed by atoms with Gasteiger partial charge in [-0.05, 0) is 195 Å². The Hall–Kier alpha value is -11.6. The van der Waals surface area contributed by atoms with Gasteiger partial charge in [-0.1, -0.05) is 120 Å². The molecule has 0 amide bonds. The standard InChI is InChI=1S/C29H24O5.C26H20O5.C21H17NO3/c1-3-32-25-16-18-27(19-17-25)34-29(31)24-12-8-22(9-13-24)21-6-10-23(11-7-21)28(30)33-26-14-4-20(2)5-15-26;1-30-23-12-8-18(9-13-23)25(28)21-6-4-20-15-22(7-5-19(20)14-21)26(29)31-24-10-2-17(16-27)3-11-24;1-14-3-7-16(8-4-14)20(23)19-12-9-17(13-22-19)21(24)25-18-10-5-15(2)6-11-18/h4-19H,3H2,1-2H3;2-15,27H,16H2,1H3;3-13H,1-2H3. The highest BCUT2D eigenvalue weighted by Gasteiger charge is 2.17. The first-order valence-corrected chi connectivity index (χ1v) is 28.6. The molecule has 0 atom stereocenters. The Morgan fingerprint density at radius 3 is 1.14 bits per heavy atom.